The highest BCUT2D eigenvalue weighted by Crippen LogP contribution is 2.39. The van der Waals surface area contributed by atoms with Crippen molar-refractivity contribution in [1.29, 1.82) is 0 Å². The van der Waals surface area contributed by atoms with E-state index in [0.29, 0.717) is 18.7 Å². The van der Waals surface area contributed by atoms with Gasteiger partial charge in [-0.05, 0) is 63.4 Å². The van der Waals surface area contributed by atoms with Crippen LogP contribution in [0.1, 0.15) is 76.0 Å². The fourth-order valence-electron chi connectivity index (χ4n) is 4.90. The summed E-state index contributed by atoms with van der Waals surface area (Å²) in [5.74, 6) is -0.312. The van der Waals surface area contributed by atoms with Crippen LogP contribution in [-0.2, 0) is 30.4 Å². The molecule has 0 spiro atoms. The molecule has 8 nitrogen and oxygen atoms in total. The van der Waals surface area contributed by atoms with Crippen LogP contribution in [0.25, 0.3) is 0 Å². The van der Waals surface area contributed by atoms with Gasteiger partial charge in [-0.1, -0.05) is 36.4 Å². The number of amides is 1. The van der Waals surface area contributed by atoms with Crippen molar-refractivity contribution in [1.82, 2.24) is 4.90 Å². The van der Waals surface area contributed by atoms with Crippen LogP contribution in [0.2, 0.25) is 0 Å². The van der Waals surface area contributed by atoms with E-state index < -0.39 is 11.9 Å². The van der Waals surface area contributed by atoms with E-state index in [1.54, 1.807) is 0 Å². The van der Waals surface area contributed by atoms with Gasteiger partial charge in [-0.3, -0.25) is 14.5 Å². The number of likely N-dealkylation sites (tertiary alicyclic amines) is 1. The summed E-state index contributed by atoms with van der Waals surface area (Å²) in [5.41, 5.74) is 2.88. The third kappa shape index (κ3) is 7.38. The van der Waals surface area contributed by atoms with E-state index in [1.165, 1.54) is 6.92 Å². The van der Waals surface area contributed by atoms with Crippen LogP contribution in [0.4, 0.5) is 5.69 Å². The van der Waals surface area contributed by atoms with E-state index in [4.69, 9.17) is 14.2 Å². The summed E-state index contributed by atoms with van der Waals surface area (Å²) in [7, 11) is 0. The summed E-state index contributed by atoms with van der Waals surface area (Å²) in [6.45, 7) is 8.54. The highest BCUT2D eigenvalue weighted by atomic mass is 16.7. The smallest absolute Gasteiger partial charge is 0.323 e. The number of hydrogen-bond donors (Lipinski definition) is 2. The van der Waals surface area contributed by atoms with Crippen molar-refractivity contribution in [2.45, 2.75) is 83.7 Å². The van der Waals surface area contributed by atoms with Crippen LogP contribution in [0.5, 0.6) is 0 Å². The molecule has 2 fully saturated rings. The first-order valence-electron chi connectivity index (χ1n) is 13.0. The van der Waals surface area contributed by atoms with Gasteiger partial charge in [0.15, 0.2) is 6.29 Å². The van der Waals surface area contributed by atoms with Gasteiger partial charge < -0.3 is 24.6 Å². The molecule has 0 unspecified atom stereocenters. The van der Waals surface area contributed by atoms with E-state index in [9.17, 15) is 14.7 Å². The van der Waals surface area contributed by atoms with Crippen molar-refractivity contribution in [2.24, 2.45) is 0 Å². The van der Waals surface area contributed by atoms with Gasteiger partial charge in [0, 0.05) is 31.1 Å². The van der Waals surface area contributed by atoms with Crippen LogP contribution < -0.4 is 5.32 Å². The van der Waals surface area contributed by atoms with Crippen LogP contribution >= 0.6 is 0 Å². The lowest BCUT2D eigenvalue weighted by Gasteiger charge is -2.38. The molecule has 0 saturated carbocycles. The quantitative estimate of drug-likeness (QED) is 0.530. The topological polar surface area (TPSA) is 97.3 Å². The minimum atomic E-state index is -0.602. The molecule has 2 aliphatic heterocycles. The van der Waals surface area contributed by atoms with Crippen molar-refractivity contribution >= 4 is 17.6 Å². The molecule has 4 rings (SSSR count). The Labute approximate surface area is 218 Å². The number of anilines is 1. The van der Waals surface area contributed by atoms with Gasteiger partial charge in [0.2, 0.25) is 5.91 Å². The Bertz CT molecular complexity index is 1060. The van der Waals surface area contributed by atoms with Crippen LogP contribution in [0.3, 0.4) is 0 Å². The summed E-state index contributed by atoms with van der Waals surface area (Å²) in [6, 6.07) is 14.9. The first-order chi connectivity index (χ1) is 17.6. The minimum Gasteiger partial charge on any atom is -0.459 e. The third-order valence-electron chi connectivity index (χ3n) is 6.60. The lowest BCUT2D eigenvalue weighted by atomic mass is 9.99. The molecular formula is C29H38N2O6. The summed E-state index contributed by atoms with van der Waals surface area (Å²) >= 11 is 0. The summed E-state index contributed by atoms with van der Waals surface area (Å²) < 4.78 is 18.5. The van der Waals surface area contributed by atoms with E-state index in [1.807, 2.05) is 69.3 Å². The zero-order chi connectivity index (χ0) is 26.6. The van der Waals surface area contributed by atoms with E-state index in [2.05, 4.69) is 10.2 Å². The molecule has 0 radical (unpaired) electrons. The van der Waals surface area contributed by atoms with Gasteiger partial charge >= 0.3 is 5.97 Å². The van der Waals surface area contributed by atoms with Crippen molar-refractivity contribution < 1.29 is 28.9 Å². The van der Waals surface area contributed by atoms with Gasteiger partial charge in [-0.15, -0.1) is 0 Å². The highest BCUT2D eigenvalue weighted by Gasteiger charge is 2.38. The molecule has 2 aromatic carbocycles. The first kappa shape index (κ1) is 27.3. The molecule has 0 aliphatic carbocycles. The molecule has 200 valence electrons. The molecule has 0 bridgehead atoms. The number of nitrogens with zero attached hydrogens (tertiary/aromatic N) is 1. The van der Waals surface area contributed by atoms with E-state index in [0.717, 1.165) is 36.1 Å². The molecule has 2 heterocycles. The largest absolute Gasteiger partial charge is 0.459 e. The number of esters is 1. The summed E-state index contributed by atoms with van der Waals surface area (Å²) in [6.07, 6.45) is 1.37. The standard InChI is InChI=1S/C29H38N2O6/c1-19(33)30-23-13-11-22(12-14-23)28-35-24(16-26(36-28)21-9-7-20(18-32)8-10-21)17-31-15-5-6-25(31)27(34)37-29(2,3)4/h7-14,24-26,28,32H,5-6,15-18H2,1-4H3,(H,30,33)/t24-,25+,26+,28+/m1/s1. The van der Waals surface area contributed by atoms with Crippen LogP contribution in [0.15, 0.2) is 48.5 Å². The number of hydrogen-bond acceptors (Lipinski definition) is 7. The maximum Gasteiger partial charge on any atom is 0.323 e. The van der Waals surface area contributed by atoms with Gasteiger partial charge in [0.1, 0.15) is 11.6 Å². The van der Waals surface area contributed by atoms with Crippen molar-refractivity contribution in [3.63, 3.8) is 0 Å². The van der Waals surface area contributed by atoms with Gasteiger partial charge in [0.05, 0.1) is 18.8 Å². The van der Waals surface area contributed by atoms with Crippen molar-refractivity contribution in [3.8, 4) is 0 Å². The molecule has 2 N–H and O–H groups in total. The number of ether oxygens (including phenoxy) is 3. The molecule has 2 saturated heterocycles. The van der Waals surface area contributed by atoms with Crippen molar-refractivity contribution in [2.75, 3.05) is 18.4 Å². The third-order valence-corrected chi connectivity index (χ3v) is 6.60. The van der Waals surface area contributed by atoms with E-state index in [-0.39, 0.29) is 36.7 Å². The Morgan fingerprint density at radius 3 is 2.35 bits per heavy atom. The number of aliphatic hydroxyl groups is 1. The predicted octanol–water partition coefficient (Wildman–Crippen LogP) is 4.49. The molecule has 37 heavy (non-hydrogen) atoms. The predicted molar refractivity (Wildman–Crippen MR) is 140 cm³/mol. The highest BCUT2D eigenvalue weighted by molar-refractivity contribution is 5.88. The average Bonchev–Trinajstić information content (AvgIpc) is 3.31. The molecule has 1 amide bonds. The number of rotatable bonds is 7. The second-order valence-electron chi connectivity index (χ2n) is 10.8. The number of carbonyl (C=O) groups excluding carboxylic acids is 2. The first-order valence-corrected chi connectivity index (χ1v) is 13.0. The van der Waals surface area contributed by atoms with E-state index >= 15 is 0 Å². The van der Waals surface area contributed by atoms with Gasteiger partial charge in [0.25, 0.3) is 0 Å². The lowest BCUT2D eigenvalue weighted by molar-refractivity contribution is -0.253. The molecule has 8 heteroatoms. The second-order valence-corrected chi connectivity index (χ2v) is 10.8. The van der Waals surface area contributed by atoms with Crippen LogP contribution in [0, 0.1) is 0 Å². The summed E-state index contributed by atoms with van der Waals surface area (Å²) in [4.78, 5) is 26.4. The molecule has 0 aromatic heterocycles. The van der Waals surface area contributed by atoms with Crippen molar-refractivity contribution in [3.05, 3.63) is 65.2 Å². The van der Waals surface area contributed by atoms with Crippen LogP contribution in [-0.4, -0.2) is 52.7 Å². The number of aliphatic hydroxyl groups excluding tert-OH is 1. The molecular weight excluding hydrogens is 472 g/mol. The zero-order valence-electron chi connectivity index (χ0n) is 22.1. The zero-order valence-corrected chi connectivity index (χ0v) is 22.1. The molecule has 4 atom stereocenters. The maximum atomic E-state index is 12.9. The Morgan fingerprint density at radius 2 is 1.73 bits per heavy atom. The fourth-order valence-corrected chi connectivity index (χ4v) is 4.90. The number of carbonyl (C=O) groups is 2. The fraction of sp³-hybridized carbons (Fsp3) is 0.517. The minimum absolute atomic E-state index is 0.0121. The molecule has 2 aromatic rings. The maximum absolute atomic E-state index is 12.9. The number of benzene rings is 2. The second kappa shape index (κ2) is 11.7. The number of nitrogens with one attached hydrogen (secondary N) is 1. The lowest BCUT2D eigenvalue weighted by Crippen LogP contribution is -2.45. The normalized spacial score (nSPS) is 24.6. The monoisotopic (exact) mass is 510 g/mol. The summed E-state index contributed by atoms with van der Waals surface area (Å²) in [5, 5.41) is 12.2. The van der Waals surface area contributed by atoms with Gasteiger partial charge in [-0.25, -0.2) is 0 Å². The molecule has 2 aliphatic rings. The Morgan fingerprint density at radius 1 is 1.05 bits per heavy atom. The van der Waals surface area contributed by atoms with Gasteiger partial charge in [-0.2, -0.15) is 0 Å². The SMILES string of the molecule is CC(=O)Nc1ccc([C@H]2O[C@@H](CN3CCC[C@H]3C(=O)OC(C)(C)C)C[C@@H](c3ccc(CO)cc3)O2)cc1. The Kier molecular flexibility index (Phi) is 8.64. The Balaban J connectivity index is 1.53. The average molecular weight is 511 g/mol. The Hall–Kier alpha value is -2.78.